The summed E-state index contributed by atoms with van der Waals surface area (Å²) in [4.78, 5) is 35.5. The molecule has 0 aliphatic carbocycles. The molecular weight excluding hydrogens is 352 g/mol. The molecule has 0 bridgehead atoms. The molecule has 0 saturated carbocycles. The van der Waals surface area contributed by atoms with Crippen LogP contribution in [0.25, 0.3) is 0 Å². The zero-order valence-corrected chi connectivity index (χ0v) is 15.8. The largest absolute Gasteiger partial charge is 0.717 e. The van der Waals surface area contributed by atoms with Crippen molar-refractivity contribution in [2.24, 2.45) is 0 Å². The second-order valence-electron chi connectivity index (χ2n) is 5.64. The molecule has 0 aliphatic rings. The van der Waals surface area contributed by atoms with Crippen LogP contribution in [-0.4, -0.2) is 26.7 Å². The maximum absolute atomic E-state index is 11.8. The van der Waals surface area contributed by atoms with E-state index in [1.807, 2.05) is 12.1 Å². The summed E-state index contributed by atoms with van der Waals surface area (Å²) >= 11 is 0. The Morgan fingerprint density at radius 1 is 0.654 bits per heavy atom. The molecule has 0 fully saturated rings. The highest BCUT2D eigenvalue weighted by Gasteiger charge is 2.60. The molecule has 0 spiro atoms. The summed E-state index contributed by atoms with van der Waals surface area (Å²) in [6.45, 7) is 3.55. The van der Waals surface area contributed by atoms with Gasteiger partial charge in [0.15, 0.2) is 0 Å². The van der Waals surface area contributed by atoms with Crippen molar-refractivity contribution in [2.75, 3.05) is 0 Å². The molecule has 0 heterocycles. The lowest BCUT2D eigenvalue weighted by atomic mass is 10.0. The van der Waals surface area contributed by atoms with Gasteiger partial charge in [0.1, 0.15) is 5.54 Å². The summed E-state index contributed by atoms with van der Waals surface area (Å²) in [6.07, 6.45) is 0. The molecule has 7 heteroatoms. The van der Waals surface area contributed by atoms with Crippen molar-refractivity contribution < 1.29 is 27.7 Å². The minimum atomic E-state index is -4.14. The summed E-state index contributed by atoms with van der Waals surface area (Å²) in [5.41, 5.74) is 0.671. The van der Waals surface area contributed by atoms with Gasteiger partial charge in [-0.3, -0.25) is 14.4 Å². The molecule has 0 N–H and O–H groups in total. The van der Waals surface area contributed by atoms with Crippen LogP contribution in [0.4, 0.5) is 0 Å². The molecule has 0 amide bonds. The van der Waals surface area contributed by atoms with Crippen molar-refractivity contribution in [3.05, 3.63) is 71.8 Å². The Morgan fingerprint density at radius 3 is 1.23 bits per heavy atom. The molecule has 2 rings (SSSR count). The first-order valence-corrected chi connectivity index (χ1v) is 9.83. The van der Waals surface area contributed by atoms with E-state index in [-0.39, 0.29) is 0 Å². The van der Waals surface area contributed by atoms with E-state index in [0.29, 0.717) is 11.1 Å². The van der Waals surface area contributed by atoms with Gasteiger partial charge in [-0.1, -0.05) is 60.7 Å². The summed E-state index contributed by atoms with van der Waals surface area (Å²) in [7, 11) is -4.14. The van der Waals surface area contributed by atoms with Crippen molar-refractivity contribution in [1.82, 2.24) is 0 Å². The smallest absolute Gasteiger partial charge is 0.455 e. The third-order valence-corrected chi connectivity index (χ3v) is 6.57. The van der Waals surface area contributed by atoms with Crippen molar-refractivity contribution in [2.45, 2.75) is 26.3 Å². The first-order valence-electron chi connectivity index (χ1n) is 8.02. The SMILES string of the molecule is CC(=O)O[Si](OC(C)=O)(OC(C)=O)C(c1ccccc1)c1ccccc1. The van der Waals surface area contributed by atoms with Gasteiger partial charge in [0, 0.05) is 20.8 Å². The standard InChI is InChI=1S/C19H20O6Si/c1-14(20)23-26(24-15(2)21,25-16(3)22)19(17-10-6-4-7-11-17)18-12-8-5-9-13-18/h4-13,19H,1-3H3. The van der Waals surface area contributed by atoms with Crippen LogP contribution in [0.2, 0.25) is 0 Å². The van der Waals surface area contributed by atoms with Gasteiger partial charge in [-0.15, -0.1) is 0 Å². The van der Waals surface area contributed by atoms with Gasteiger partial charge >= 0.3 is 8.80 Å². The number of carbonyl (C=O) groups is 3. The second-order valence-corrected chi connectivity index (χ2v) is 8.04. The van der Waals surface area contributed by atoms with E-state index in [9.17, 15) is 14.4 Å². The summed E-state index contributed by atoms with van der Waals surface area (Å²) in [5, 5.41) is 0. The van der Waals surface area contributed by atoms with Crippen LogP contribution in [0.1, 0.15) is 37.4 Å². The average Bonchev–Trinajstić information content (AvgIpc) is 2.55. The highest BCUT2D eigenvalue weighted by Crippen LogP contribution is 2.36. The molecule has 0 aliphatic heterocycles. The minimum Gasteiger partial charge on any atom is -0.455 e. The van der Waals surface area contributed by atoms with Gasteiger partial charge in [-0.05, 0) is 11.1 Å². The van der Waals surface area contributed by atoms with E-state index >= 15 is 0 Å². The maximum atomic E-state index is 11.8. The Kier molecular flexibility index (Phi) is 6.29. The fraction of sp³-hybridized carbons (Fsp3) is 0.211. The molecule has 6 nitrogen and oxygen atoms in total. The lowest BCUT2D eigenvalue weighted by molar-refractivity contribution is -0.148. The van der Waals surface area contributed by atoms with Gasteiger partial charge in [0.25, 0.3) is 17.9 Å². The predicted molar refractivity (Wildman–Crippen MR) is 95.8 cm³/mol. The van der Waals surface area contributed by atoms with E-state index in [0.717, 1.165) is 0 Å². The molecule has 0 aromatic heterocycles. The normalized spacial score (nSPS) is 10.9. The Bertz CT molecular complexity index is 695. The van der Waals surface area contributed by atoms with E-state index in [4.69, 9.17) is 13.3 Å². The summed E-state index contributed by atoms with van der Waals surface area (Å²) < 4.78 is 16.3. The van der Waals surface area contributed by atoms with E-state index in [1.165, 1.54) is 20.8 Å². The number of hydrogen-bond acceptors (Lipinski definition) is 6. The van der Waals surface area contributed by atoms with Gasteiger partial charge < -0.3 is 13.3 Å². The quantitative estimate of drug-likeness (QED) is 0.726. The van der Waals surface area contributed by atoms with Gasteiger partial charge in [0.05, 0.1) is 0 Å². The number of benzene rings is 2. The minimum absolute atomic E-state index is 0.698. The van der Waals surface area contributed by atoms with Gasteiger partial charge in [-0.25, -0.2) is 0 Å². The first kappa shape index (κ1) is 19.4. The zero-order valence-electron chi connectivity index (χ0n) is 14.8. The lowest BCUT2D eigenvalue weighted by Crippen LogP contribution is -2.55. The predicted octanol–water partition coefficient (Wildman–Crippen LogP) is 2.99. The molecule has 2 aromatic carbocycles. The van der Waals surface area contributed by atoms with Crippen LogP contribution in [0.3, 0.4) is 0 Å². The number of carbonyl (C=O) groups excluding carboxylic acids is 3. The fourth-order valence-corrected chi connectivity index (χ4v) is 5.61. The topological polar surface area (TPSA) is 78.9 Å². The Labute approximate surface area is 153 Å². The van der Waals surface area contributed by atoms with Gasteiger partial charge in [-0.2, -0.15) is 0 Å². The van der Waals surface area contributed by atoms with Crippen molar-refractivity contribution in [1.29, 1.82) is 0 Å². The van der Waals surface area contributed by atoms with Crippen LogP contribution in [0.5, 0.6) is 0 Å². The van der Waals surface area contributed by atoms with E-state index < -0.39 is 32.3 Å². The monoisotopic (exact) mass is 372 g/mol. The lowest BCUT2D eigenvalue weighted by Gasteiger charge is -2.33. The Morgan fingerprint density at radius 2 is 0.962 bits per heavy atom. The van der Waals surface area contributed by atoms with Crippen molar-refractivity contribution in [3.63, 3.8) is 0 Å². The van der Waals surface area contributed by atoms with Crippen LogP contribution < -0.4 is 0 Å². The molecule has 136 valence electrons. The first-order chi connectivity index (χ1) is 12.3. The second kappa shape index (κ2) is 8.44. The van der Waals surface area contributed by atoms with E-state index in [2.05, 4.69) is 0 Å². The molecule has 0 atom stereocenters. The Balaban J connectivity index is 2.72. The Hall–Kier alpha value is -2.93. The van der Waals surface area contributed by atoms with Crippen LogP contribution in [0, 0.1) is 0 Å². The van der Waals surface area contributed by atoms with Gasteiger partial charge in [0.2, 0.25) is 0 Å². The average molecular weight is 372 g/mol. The van der Waals surface area contributed by atoms with Crippen molar-refractivity contribution in [3.8, 4) is 0 Å². The molecule has 2 aromatic rings. The maximum Gasteiger partial charge on any atom is 0.717 e. The zero-order chi connectivity index (χ0) is 19.2. The highest BCUT2D eigenvalue weighted by atomic mass is 28.4. The van der Waals surface area contributed by atoms with Crippen LogP contribution >= 0.6 is 0 Å². The highest BCUT2D eigenvalue weighted by molar-refractivity contribution is 6.67. The number of rotatable bonds is 6. The van der Waals surface area contributed by atoms with E-state index in [1.54, 1.807) is 48.5 Å². The van der Waals surface area contributed by atoms with Crippen LogP contribution in [0.15, 0.2) is 60.7 Å². The molecule has 0 unspecified atom stereocenters. The van der Waals surface area contributed by atoms with Crippen LogP contribution in [-0.2, 0) is 27.7 Å². The third-order valence-electron chi connectivity index (χ3n) is 3.48. The summed E-state index contributed by atoms with van der Waals surface area (Å²) in [5.74, 6) is -2.09. The fourth-order valence-electron chi connectivity index (χ4n) is 2.73. The molecule has 0 radical (unpaired) electrons. The summed E-state index contributed by atoms with van der Waals surface area (Å²) in [6, 6.07) is 18.1. The number of hydrogen-bond donors (Lipinski definition) is 0. The third kappa shape index (κ3) is 4.79. The molecule has 26 heavy (non-hydrogen) atoms. The molecule has 0 saturated heterocycles. The van der Waals surface area contributed by atoms with Crippen molar-refractivity contribution >= 4 is 26.7 Å². The molecular formula is C19H20O6Si.